The number of hydrogen-bond acceptors (Lipinski definition) is 8. The van der Waals surface area contributed by atoms with Crippen LogP contribution in [0.1, 0.15) is 30.9 Å². The van der Waals surface area contributed by atoms with Gasteiger partial charge in [0.1, 0.15) is 11.5 Å². The van der Waals surface area contributed by atoms with Gasteiger partial charge < -0.3 is 15.4 Å². The highest BCUT2D eigenvalue weighted by Crippen LogP contribution is 2.30. The minimum atomic E-state index is -0.178. The summed E-state index contributed by atoms with van der Waals surface area (Å²) in [5.74, 6) is 1.44. The van der Waals surface area contributed by atoms with Crippen molar-refractivity contribution in [1.29, 1.82) is 5.26 Å². The van der Waals surface area contributed by atoms with E-state index >= 15 is 0 Å². The molecule has 1 aliphatic carbocycles. The Bertz CT molecular complexity index is 1540. The summed E-state index contributed by atoms with van der Waals surface area (Å²) >= 11 is 0. The SMILES string of the molecule is CCn1c(=O)c2cnc(Nc3ccc4c(c3)CNCC4)nc2n1-c1cccc(OC2CC(C#N)C2)n1. The summed E-state index contributed by atoms with van der Waals surface area (Å²) in [5, 5.41) is 16.1. The minimum absolute atomic E-state index is 0.0166. The van der Waals surface area contributed by atoms with Gasteiger partial charge in [-0.15, -0.1) is 0 Å². The van der Waals surface area contributed by atoms with Crippen LogP contribution in [0.2, 0.25) is 0 Å². The van der Waals surface area contributed by atoms with Gasteiger partial charge in [0.05, 0.1) is 12.0 Å². The van der Waals surface area contributed by atoms with Gasteiger partial charge in [-0.3, -0.25) is 4.79 Å². The molecule has 0 unspecified atom stereocenters. The normalized spacial score (nSPS) is 18.8. The molecule has 10 heteroatoms. The quantitative estimate of drug-likeness (QED) is 0.430. The largest absolute Gasteiger partial charge is 0.474 e. The van der Waals surface area contributed by atoms with E-state index in [1.54, 1.807) is 21.6 Å². The molecule has 0 atom stereocenters. The van der Waals surface area contributed by atoms with Gasteiger partial charge in [-0.2, -0.15) is 15.2 Å². The van der Waals surface area contributed by atoms with Gasteiger partial charge in [0, 0.05) is 43.9 Å². The van der Waals surface area contributed by atoms with Crippen molar-refractivity contribution in [1.82, 2.24) is 29.6 Å². The minimum Gasteiger partial charge on any atom is -0.474 e. The lowest BCUT2D eigenvalue weighted by atomic mass is 9.83. The topological polar surface area (TPSA) is 123 Å². The fourth-order valence-corrected chi connectivity index (χ4v) is 4.82. The van der Waals surface area contributed by atoms with Crippen molar-refractivity contribution >= 4 is 22.7 Å². The van der Waals surface area contributed by atoms with Crippen molar-refractivity contribution < 1.29 is 4.74 Å². The number of pyridine rings is 1. The number of nitriles is 1. The van der Waals surface area contributed by atoms with E-state index in [4.69, 9.17) is 15.0 Å². The molecule has 0 saturated heterocycles. The molecular formula is C26H26N8O2. The number of aromatic nitrogens is 5. The first-order chi connectivity index (χ1) is 17.6. The highest BCUT2D eigenvalue weighted by atomic mass is 16.5. The van der Waals surface area contributed by atoms with Crippen molar-refractivity contribution in [3.05, 3.63) is 64.1 Å². The second-order valence-electron chi connectivity index (χ2n) is 9.17. The third kappa shape index (κ3) is 3.97. The van der Waals surface area contributed by atoms with Crippen LogP contribution < -0.4 is 20.9 Å². The lowest BCUT2D eigenvalue weighted by molar-refractivity contribution is 0.0845. The van der Waals surface area contributed by atoms with E-state index in [0.717, 1.165) is 25.2 Å². The van der Waals surface area contributed by atoms with Gasteiger partial charge in [0.15, 0.2) is 11.5 Å². The number of nitrogens with one attached hydrogen (secondary N) is 2. The Morgan fingerprint density at radius 1 is 1.22 bits per heavy atom. The Labute approximate surface area is 207 Å². The Morgan fingerprint density at radius 3 is 2.94 bits per heavy atom. The molecule has 1 saturated carbocycles. The van der Waals surface area contributed by atoms with E-state index in [0.29, 0.717) is 48.1 Å². The van der Waals surface area contributed by atoms with Gasteiger partial charge in [-0.1, -0.05) is 12.1 Å². The molecule has 2 aliphatic rings. The maximum absolute atomic E-state index is 13.1. The first-order valence-corrected chi connectivity index (χ1v) is 12.2. The van der Waals surface area contributed by atoms with Crippen LogP contribution in [-0.4, -0.2) is 37.0 Å². The van der Waals surface area contributed by atoms with E-state index in [-0.39, 0.29) is 17.6 Å². The van der Waals surface area contributed by atoms with Crippen LogP contribution in [0.5, 0.6) is 5.88 Å². The summed E-state index contributed by atoms with van der Waals surface area (Å²) in [4.78, 5) is 26.9. The average molecular weight is 483 g/mol. The Kier molecular flexibility index (Phi) is 5.62. The van der Waals surface area contributed by atoms with E-state index in [1.807, 2.05) is 25.1 Å². The van der Waals surface area contributed by atoms with E-state index in [2.05, 4.69) is 38.8 Å². The Balaban J connectivity index is 1.35. The van der Waals surface area contributed by atoms with Crippen LogP contribution in [0.15, 0.2) is 47.4 Å². The van der Waals surface area contributed by atoms with Crippen LogP contribution in [0.3, 0.4) is 0 Å². The molecule has 0 spiro atoms. The first kappa shape index (κ1) is 22.2. The fourth-order valence-electron chi connectivity index (χ4n) is 4.82. The summed E-state index contributed by atoms with van der Waals surface area (Å²) in [6, 6.07) is 14.0. The molecule has 4 heterocycles. The molecule has 182 valence electrons. The molecule has 2 N–H and O–H groups in total. The molecule has 3 aromatic heterocycles. The molecule has 36 heavy (non-hydrogen) atoms. The number of fused-ring (bicyclic) bond motifs is 2. The van der Waals surface area contributed by atoms with Crippen LogP contribution in [0, 0.1) is 17.2 Å². The molecule has 10 nitrogen and oxygen atoms in total. The number of benzene rings is 1. The molecule has 6 rings (SSSR count). The van der Waals surface area contributed by atoms with Crippen LogP contribution in [-0.2, 0) is 19.5 Å². The monoisotopic (exact) mass is 482 g/mol. The molecule has 1 fully saturated rings. The van der Waals surface area contributed by atoms with Gasteiger partial charge in [-0.05, 0) is 49.2 Å². The summed E-state index contributed by atoms with van der Waals surface area (Å²) in [6.45, 7) is 4.18. The summed E-state index contributed by atoms with van der Waals surface area (Å²) in [5.41, 5.74) is 3.79. The van der Waals surface area contributed by atoms with Gasteiger partial charge >= 0.3 is 0 Å². The second-order valence-corrected chi connectivity index (χ2v) is 9.17. The average Bonchev–Trinajstić information content (AvgIpc) is 3.16. The third-order valence-electron chi connectivity index (χ3n) is 6.81. The van der Waals surface area contributed by atoms with Gasteiger partial charge in [0.25, 0.3) is 5.56 Å². The zero-order valence-electron chi connectivity index (χ0n) is 19.9. The highest BCUT2D eigenvalue weighted by Gasteiger charge is 2.31. The fraction of sp³-hybridized carbons (Fsp3) is 0.346. The Morgan fingerprint density at radius 2 is 2.11 bits per heavy atom. The Hall–Kier alpha value is -4.23. The number of anilines is 2. The third-order valence-corrected chi connectivity index (χ3v) is 6.81. The van der Waals surface area contributed by atoms with Crippen molar-refractivity contribution in [2.75, 3.05) is 11.9 Å². The zero-order valence-corrected chi connectivity index (χ0v) is 19.9. The molecule has 1 aromatic carbocycles. The molecule has 0 bridgehead atoms. The highest BCUT2D eigenvalue weighted by molar-refractivity contribution is 5.77. The zero-order chi connectivity index (χ0) is 24.6. The maximum Gasteiger partial charge on any atom is 0.278 e. The second kappa shape index (κ2) is 9.09. The summed E-state index contributed by atoms with van der Waals surface area (Å²) in [7, 11) is 0. The number of nitrogens with zero attached hydrogens (tertiary/aromatic N) is 6. The maximum atomic E-state index is 13.1. The summed E-state index contributed by atoms with van der Waals surface area (Å²) < 4.78 is 9.28. The molecule has 0 amide bonds. The van der Waals surface area contributed by atoms with Crippen molar-refractivity contribution in [3.8, 4) is 17.8 Å². The van der Waals surface area contributed by atoms with Crippen molar-refractivity contribution in [3.63, 3.8) is 0 Å². The molecule has 0 radical (unpaired) electrons. The number of ether oxygens (including phenoxy) is 1. The molecule has 4 aromatic rings. The van der Waals surface area contributed by atoms with Gasteiger partial charge in [0.2, 0.25) is 11.8 Å². The first-order valence-electron chi connectivity index (χ1n) is 12.2. The van der Waals surface area contributed by atoms with Gasteiger partial charge in [-0.25, -0.2) is 14.3 Å². The molecule has 1 aliphatic heterocycles. The van der Waals surface area contributed by atoms with Crippen molar-refractivity contribution in [2.24, 2.45) is 5.92 Å². The van der Waals surface area contributed by atoms with Crippen molar-refractivity contribution in [2.45, 2.75) is 45.4 Å². The summed E-state index contributed by atoms with van der Waals surface area (Å²) in [6.07, 6.45) is 3.97. The molecular weight excluding hydrogens is 456 g/mol. The van der Waals surface area contributed by atoms with Crippen LogP contribution >= 0.6 is 0 Å². The van der Waals surface area contributed by atoms with Crippen LogP contribution in [0.25, 0.3) is 16.9 Å². The van der Waals surface area contributed by atoms with E-state index in [9.17, 15) is 4.79 Å². The number of rotatable bonds is 6. The lowest BCUT2D eigenvalue weighted by Gasteiger charge is -2.30. The predicted molar refractivity (Wildman–Crippen MR) is 134 cm³/mol. The predicted octanol–water partition coefficient (Wildman–Crippen LogP) is 3.07. The van der Waals surface area contributed by atoms with E-state index < -0.39 is 0 Å². The standard InChI is InChI=1S/C26H26N8O2/c1-2-33-25(35)21-15-29-26(30-19-7-6-17-8-9-28-14-18(17)12-19)32-24(21)34(33)22-4-3-5-23(31-22)36-20-10-16(11-20)13-27/h3-7,12,15-16,20,28H,2,8-11,14H2,1H3,(H,29,30,32). The number of hydrogen-bond donors (Lipinski definition) is 2. The lowest BCUT2D eigenvalue weighted by Crippen LogP contribution is -2.33. The van der Waals surface area contributed by atoms with Crippen LogP contribution in [0.4, 0.5) is 11.6 Å². The smallest absolute Gasteiger partial charge is 0.278 e. The van der Waals surface area contributed by atoms with E-state index in [1.165, 1.54) is 11.1 Å².